The van der Waals surface area contributed by atoms with Gasteiger partial charge in [0.05, 0.1) is 25.3 Å². The van der Waals surface area contributed by atoms with Gasteiger partial charge in [0.15, 0.2) is 11.5 Å². The molecule has 0 aliphatic carbocycles. The molecule has 1 atom stereocenters. The van der Waals surface area contributed by atoms with Crippen LogP contribution in [0.1, 0.15) is 30.3 Å². The highest BCUT2D eigenvalue weighted by atomic mass is 32.1. The molecule has 0 spiro atoms. The zero-order valence-corrected chi connectivity index (χ0v) is 15.7. The summed E-state index contributed by atoms with van der Waals surface area (Å²) < 4.78 is 5.45. The number of carbonyl (C=O) groups excluding carboxylic acids is 2. The van der Waals surface area contributed by atoms with Crippen LogP contribution in [-0.2, 0) is 16.1 Å². The van der Waals surface area contributed by atoms with Gasteiger partial charge in [-0.15, -0.1) is 11.3 Å². The van der Waals surface area contributed by atoms with E-state index in [4.69, 9.17) is 4.74 Å². The van der Waals surface area contributed by atoms with Gasteiger partial charge in [0.2, 0.25) is 0 Å². The maximum absolute atomic E-state index is 12.8. The maximum Gasteiger partial charge on any atom is 0.290 e. The van der Waals surface area contributed by atoms with E-state index < -0.39 is 17.7 Å². The van der Waals surface area contributed by atoms with Gasteiger partial charge in [-0.05, 0) is 17.5 Å². The van der Waals surface area contributed by atoms with Crippen molar-refractivity contribution in [2.45, 2.75) is 26.4 Å². The second kappa shape index (κ2) is 7.33. The van der Waals surface area contributed by atoms with Crippen LogP contribution in [0, 0.1) is 5.92 Å². The Bertz CT molecular complexity index is 854. The SMILES string of the molecule is COc1ccccc1C1C(C(=O)C(C)C)=C(O)C(=O)N1Cc1cccs1. The number of para-hydroxylation sites is 1. The Kier molecular flexibility index (Phi) is 5.13. The van der Waals surface area contributed by atoms with E-state index in [1.807, 2.05) is 35.7 Å². The number of benzene rings is 1. The molecule has 0 radical (unpaired) electrons. The molecule has 26 heavy (non-hydrogen) atoms. The van der Waals surface area contributed by atoms with Crippen molar-refractivity contribution in [3.63, 3.8) is 0 Å². The third-order valence-electron chi connectivity index (χ3n) is 4.43. The van der Waals surface area contributed by atoms with Gasteiger partial charge in [0.25, 0.3) is 5.91 Å². The quantitative estimate of drug-likeness (QED) is 0.837. The first-order valence-corrected chi connectivity index (χ1v) is 9.27. The first kappa shape index (κ1) is 18.2. The van der Waals surface area contributed by atoms with Gasteiger partial charge < -0.3 is 14.7 Å². The van der Waals surface area contributed by atoms with Crippen LogP contribution < -0.4 is 4.74 Å². The Labute approximate surface area is 156 Å². The van der Waals surface area contributed by atoms with E-state index in [0.29, 0.717) is 17.9 Å². The number of Topliss-reactive ketones (excluding diaryl/α,β-unsaturated/α-hetero) is 1. The zero-order valence-electron chi connectivity index (χ0n) is 14.9. The number of amides is 1. The van der Waals surface area contributed by atoms with E-state index in [1.165, 1.54) is 16.2 Å². The summed E-state index contributed by atoms with van der Waals surface area (Å²) in [5, 5.41) is 12.4. The number of aliphatic hydroxyl groups is 1. The Morgan fingerprint density at radius 1 is 1.27 bits per heavy atom. The standard InChI is InChI=1S/C20H21NO4S/c1-12(2)18(22)16-17(14-8-4-5-9-15(14)25-3)21(20(24)19(16)23)11-13-7-6-10-26-13/h4-10,12,17,23H,11H2,1-3H3. The molecule has 0 saturated carbocycles. The van der Waals surface area contributed by atoms with Gasteiger partial charge in [-0.25, -0.2) is 0 Å². The molecule has 1 N–H and O–H groups in total. The fraction of sp³-hybridized carbons (Fsp3) is 0.300. The molecule has 1 aliphatic rings. The lowest BCUT2D eigenvalue weighted by Gasteiger charge is -2.28. The number of aliphatic hydroxyl groups excluding tert-OH is 1. The van der Waals surface area contributed by atoms with Gasteiger partial charge in [0.1, 0.15) is 5.75 Å². The molecule has 5 nitrogen and oxygen atoms in total. The summed E-state index contributed by atoms with van der Waals surface area (Å²) in [6.07, 6.45) is 0. The fourth-order valence-electron chi connectivity index (χ4n) is 3.17. The molecule has 2 heterocycles. The van der Waals surface area contributed by atoms with E-state index in [9.17, 15) is 14.7 Å². The lowest BCUT2D eigenvalue weighted by atomic mass is 9.91. The summed E-state index contributed by atoms with van der Waals surface area (Å²) in [4.78, 5) is 28.1. The minimum absolute atomic E-state index is 0.144. The Hall–Kier alpha value is -2.60. The summed E-state index contributed by atoms with van der Waals surface area (Å²) in [6, 6.07) is 10.4. The van der Waals surface area contributed by atoms with Crippen molar-refractivity contribution >= 4 is 23.0 Å². The fourth-order valence-corrected chi connectivity index (χ4v) is 3.87. The highest BCUT2D eigenvalue weighted by molar-refractivity contribution is 7.09. The molecule has 1 aliphatic heterocycles. The monoisotopic (exact) mass is 371 g/mol. The van der Waals surface area contributed by atoms with Crippen LogP contribution in [0.2, 0.25) is 0 Å². The van der Waals surface area contributed by atoms with Crippen molar-refractivity contribution in [3.8, 4) is 5.75 Å². The Morgan fingerprint density at radius 2 is 2.00 bits per heavy atom. The van der Waals surface area contributed by atoms with E-state index in [2.05, 4.69) is 0 Å². The second-order valence-corrected chi connectivity index (χ2v) is 7.47. The lowest BCUT2D eigenvalue weighted by molar-refractivity contribution is -0.130. The van der Waals surface area contributed by atoms with Crippen molar-refractivity contribution in [3.05, 3.63) is 63.6 Å². The number of hydrogen-bond acceptors (Lipinski definition) is 5. The molecule has 2 aromatic rings. The van der Waals surface area contributed by atoms with E-state index in [0.717, 1.165) is 4.88 Å². The summed E-state index contributed by atoms with van der Waals surface area (Å²) >= 11 is 1.53. The van der Waals surface area contributed by atoms with Crippen LogP contribution in [0.5, 0.6) is 5.75 Å². The number of ether oxygens (including phenoxy) is 1. The minimum atomic E-state index is -0.671. The zero-order chi connectivity index (χ0) is 18.8. The molecule has 1 amide bonds. The number of methoxy groups -OCH3 is 1. The first-order chi connectivity index (χ1) is 12.5. The molecule has 0 saturated heterocycles. The summed E-state index contributed by atoms with van der Waals surface area (Å²) in [5.74, 6) is -0.987. The molecule has 0 bridgehead atoms. The van der Waals surface area contributed by atoms with Crippen molar-refractivity contribution in [1.29, 1.82) is 0 Å². The predicted molar refractivity (Wildman–Crippen MR) is 100 cm³/mol. The van der Waals surface area contributed by atoms with Crippen molar-refractivity contribution in [2.24, 2.45) is 5.92 Å². The van der Waals surface area contributed by atoms with Crippen LogP contribution in [-0.4, -0.2) is 28.8 Å². The normalized spacial score (nSPS) is 17.3. The van der Waals surface area contributed by atoms with Crippen LogP contribution >= 0.6 is 11.3 Å². The topological polar surface area (TPSA) is 66.8 Å². The third kappa shape index (κ3) is 3.12. The van der Waals surface area contributed by atoms with Gasteiger partial charge in [0, 0.05) is 16.4 Å². The molecule has 1 aromatic heterocycles. The minimum Gasteiger partial charge on any atom is -0.503 e. The largest absolute Gasteiger partial charge is 0.503 e. The van der Waals surface area contributed by atoms with Crippen LogP contribution in [0.25, 0.3) is 0 Å². The summed E-state index contributed by atoms with van der Waals surface area (Å²) in [5.41, 5.74) is 0.832. The molecule has 1 aromatic carbocycles. The average molecular weight is 371 g/mol. The molecule has 0 fully saturated rings. The third-order valence-corrected chi connectivity index (χ3v) is 5.29. The highest BCUT2D eigenvalue weighted by Gasteiger charge is 2.44. The lowest BCUT2D eigenvalue weighted by Crippen LogP contribution is -2.31. The molecule has 136 valence electrons. The van der Waals surface area contributed by atoms with Gasteiger partial charge in [-0.3, -0.25) is 9.59 Å². The van der Waals surface area contributed by atoms with Gasteiger partial charge in [-0.1, -0.05) is 38.1 Å². The van der Waals surface area contributed by atoms with E-state index in [1.54, 1.807) is 27.0 Å². The first-order valence-electron chi connectivity index (χ1n) is 8.39. The summed E-state index contributed by atoms with van der Waals surface area (Å²) in [7, 11) is 1.55. The number of carbonyl (C=O) groups is 2. The van der Waals surface area contributed by atoms with Gasteiger partial charge in [-0.2, -0.15) is 0 Å². The van der Waals surface area contributed by atoms with Crippen LogP contribution in [0.3, 0.4) is 0 Å². The maximum atomic E-state index is 12.8. The summed E-state index contributed by atoms with van der Waals surface area (Å²) in [6.45, 7) is 3.83. The van der Waals surface area contributed by atoms with Gasteiger partial charge >= 0.3 is 0 Å². The van der Waals surface area contributed by atoms with Crippen molar-refractivity contribution < 1.29 is 19.4 Å². The highest BCUT2D eigenvalue weighted by Crippen LogP contribution is 2.43. The average Bonchev–Trinajstić information content (AvgIpc) is 3.23. The number of ketones is 1. The Morgan fingerprint density at radius 3 is 2.62 bits per heavy atom. The Balaban J connectivity index is 2.13. The number of hydrogen-bond donors (Lipinski definition) is 1. The number of rotatable bonds is 6. The number of thiophene rings is 1. The molecule has 1 unspecified atom stereocenters. The second-order valence-electron chi connectivity index (χ2n) is 6.44. The predicted octanol–water partition coefficient (Wildman–Crippen LogP) is 3.88. The molecule has 3 rings (SSSR count). The molecular formula is C20H21NO4S. The van der Waals surface area contributed by atoms with E-state index >= 15 is 0 Å². The smallest absolute Gasteiger partial charge is 0.290 e. The van der Waals surface area contributed by atoms with E-state index in [-0.39, 0.29) is 17.3 Å². The van der Waals surface area contributed by atoms with Crippen molar-refractivity contribution in [1.82, 2.24) is 4.90 Å². The molecular weight excluding hydrogens is 350 g/mol. The van der Waals surface area contributed by atoms with Crippen molar-refractivity contribution in [2.75, 3.05) is 7.11 Å². The molecule has 6 heteroatoms. The van der Waals surface area contributed by atoms with Crippen LogP contribution in [0.4, 0.5) is 0 Å². The number of nitrogens with zero attached hydrogens (tertiary/aromatic N) is 1. The van der Waals surface area contributed by atoms with Crippen LogP contribution in [0.15, 0.2) is 53.1 Å².